The van der Waals surface area contributed by atoms with E-state index in [2.05, 4.69) is 32.3 Å². The summed E-state index contributed by atoms with van der Waals surface area (Å²) in [7, 11) is -2.62. The van der Waals surface area contributed by atoms with Gasteiger partial charge in [-0.2, -0.15) is 0 Å². The van der Waals surface area contributed by atoms with Crippen molar-refractivity contribution in [3.8, 4) is 5.75 Å². The van der Waals surface area contributed by atoms with Crippen LogP contribution in [0.1, 0.15) is 19.4 Å². The van der Waals surface area contributed by atoms with Crippen LogP contribution >= 0.6 is 0 Å². The molecule has 3 rings (SSSR count). The number of imidazole rings is 1. The minimum absolute atomic E-state index is 0.0579. The number of carbonyl (C=O) groups excluding carboxylic acids is 1. The van der Waals surface area contributed by atoms with Gasteiger partial charge in [0.15, 0.2) is 9.84 Å². The highest BCUT2D eigenvalue weighted by molar-refractivity contribution is 7.92. The number of phenols is 1. The Balaban J connectivity index is 1.97. The maximum absolute atomic E-state index is 13.4. The van der Waals surface area contributed by atoms with Crippen LogP contribution in [0.3, 0.4) is 0 Å². The maximum atomic E-state index is 13.4. The number of benzene rings is 2. The van der Waals surface area contributed by atoms with Crippen molar-refractivity contribution in [3.63, 3.8) is 0 Å². The van der Waals surface area contributed by atoms with Crippen LogP contribution in [-0.2, 0) is 14.6 Å². The van der Waals surface area contributed by atoms with Crippen molar-refractivity contribution in [2.75, 3.05) is 17.7 Å². The van der Waals surface area contributed by atoms with Gasteiger partial charge in [-0.25, -0.2) is 18.2 Å². The first-order chi connectivity index (χ1) is 14.1. The van der Waals surface area contributed by atoms with Gasteiger partial charge in [0.25, 0.3) is 0 Å². The molecule has 9 nitrogen and oxygen atoms in total. The quantitative estimate of drug-likeness (QED) is 0.439. The molecule has 1 atom stereocenters. The van der Waals surface area contributed by atoms with Crippen molar-refractivity contribution < 1.29 is 23.1 Å². The first kappa shape index (κ1) is 21.4. The molecule has 0 aliphatic carbocycles. The van der Waals surface area contributed by atoms with Crippen molar-refractivity contribution in [2.24, 2.45) is 5.92 Å². The summed E-state index contributed by atoms with van der Waals surface area (Å²) in [6.07, 6.45) is -0.696. The zero-order valence-electron chi connectivity index (χ0n) is 16.8. The number of aromatic amines is 1. The van der Waals surface area contributed by atoms with Crippen LogP contribution in [-0.4, -0.2) is 42.1 Å². The topological polar surface area (TPSA) is 133 Å². The first-order valence-corrected chi connectivity index (χ1v) is 10.7. The van der Waals surface area contributed by atoms with Crippen LogP contribution in [0, 0.1) is 12.8 Å². The Bertz CT molecular complexity index is 1190. The SMILES string of the molecule is [CH2]c1cccc(N[C@H](C(C)C)S(=O)(=O)c2ccc3[nH]c(NC(=O)OC)nc3c2)c1O. The van der Waals surface area contributed by atoms with Crippen molar-refractivity contribution in [3.05, 3.63) is 48.9 Å². The van der Waals surface area contributed by atoms with Crippen molar-refractivity contribution in [2.45, 2.75) is 24.1 Å². The zero-order valence-corrected chi connectivity index (χ0v) is 17.6. The number of H-pyrrole nitrogens is 1. The molecule has 1 aromatic heterocycles. The third-order valence-corrected chi connectivity index (χ3v) is 6.79. The molecule has 1 amide bonds. The number of aromatic hydroxyl groups is 1. The number of amides is 1. The van der Waals surface area contributed by atoms with E-state index in [1.807, 2.05) is 0 Å². The summed E-state index contributed by atoms with van der Waals surface area (Å²) in [5.74, 6) is -0.268. The predicted molar refractivity (Wildman–Crippen MR) is 114 cm³/mol. The number of fused-ring (bicyclic) bond motifs is 1. The van der Waals surface area contributed by atoms with E-state index in [0.717, 1.165) is 0 Å². The molecule has 0 fully saturated rings. The summed E-state index contributed by atoms with van der Waals surface area (Å²) in [6, 6.07) is 9.37. The number of methoxy groups -OCH3 is 1. The van der Waals surface area contributed by atoms with E-state index >= 15 is 0 Å². The molecule has 10 heteroatoms. The Morgan fingerprint density at radius 2 is 2.00 bits per heavy atom. The molecule has 2 aromatic carbocycles. The number of phenolic OH excluding ortho intramolecular Hbond substituents is 1. The van der Waals surface area contributed by atoms with Crippen LogP contribution in [0.2, 0.25) is 0 Å². The normalized spacial score (nSPS) is 12.7. The number of ether oxygens (including phenoxy) is 1. The summed E-state index contributed by atoms with van der Waals surface area (Å²) in [6.45, 7) is 7.27. The number of para-hydroxylation sites is 1. The highest BCUT2D eigenvalue weighted by Gasteiger charge is 2.31. The smallest absolute Gasteiger partial charge is 0.413 e. The van der Waals surface area contributed by atoms with Gasteiger partial charge in [0.1, 0.15) is 11.1 Å². The average molecular weight is 431 g/mol. The molecule has 4 N–H and O–H groups in total. The Kier molecular flexibility index (Phi) is 5.88. The highest BCUT2D eigenvalue weighted by atomic mass is 32.2. The average Bonchev–Trinajstić information content (AvgIpc) is 3.09. The fourth-order valence-corrected chi connectivity index (χ4v) is 4.81. The zero-order chi connectivity index (χ0) is 22.1. The van der Waals surface area contributed by atoms with Gasteiger partial charge in [-0.3, -0.25) is 5.32 Å². The molecule has 0 bridgehead atoms. The lowest BCUT2D eigenvalue weighted by molar-refractivity contribution is 0.186. The molecule has 159 valence electrons. The first-order valence-electron chi connectivity index (χ1n) is 9.12. The van der Waals surface area contributed by atoms with Gasteiger partial charge in [0, 0.05) is 0 Å². The fourth-order valence-electron chi connectivity index (χ4n) is 2.98. The van der Waals surface area contributed by atoms with E-state index in [1.54, 1.807) is 38.1 Å². The Morgan fingerprint density at radius 3 is 2.67 bits per heavy atom. The van der Waals surface area contributed by atoms with Crippen LogP contribution in [0.5, 0.6) is 5.75 Å². The minimum Gasteiger partial charge on any atom is -0.505 e. The molecule has 30 heavy (non-hydrogen) atoms. The fraction of sp³-hybridized carbons (Fsp3) is 0.250. The number of nitrogens with one attached hydrogen (secondary N) is 3. The molecule has 0 saturated carbocycles. The predicted octanol–water partition coefficient (Wildman–Crippen LogP) is 3.50. The summed E-state index contributed by atoms with van der Waals surface area (Å²) in [5.41, 5.74) is 1.60. The van der Waals surface area contributed by atoms with Gasteiger partial charge >= 0.3 is 6.09 Å². The number of rotatable bonds is 6. The molecule has 1 heterocycles. The lowest BCUT2D eigenvalue weighted by atomic mass is 10.1. The molecular weight excluding hydrogens is 408 g/mol. The lowest BCUT2D eigenvalue weighted by Gasteiger charge is -2.24. The Labute approximate surface area is 174 Å². The second kappa shape index (κ2) is 8.23. The van der Waals surface area contributed by atoms with Gasteiger partial charge in [-0.05, 0) is 42.7 Å². The van der Waals surface area contributed by atoms with E-state index in [9.17, 15) is 18.3 Å². The second-order valence-electron chi connectivity index (χ2n) is 7.05. The highest BCUT2D eigenvalue weighted by Crippen LogP contribution is 2.31. The van der Waals surface area contributed by atoms with Crippen LogP contribution in [0.4, 0.5) is 16.4 Å². The molecule has 0 aliphatic heterocycles. The molecule has 3 aromatic rings. The summed E-state index contributed by atoms with van der Waals surface area (Å²) in [5, 5.41) is 14.6. The van der Waals surface area contributed by atoms with Crippen molar-refractivity contribution >= 4 is 38.6 Å². The number of carbonyl (C=O) groups is 1. The molecular formula is C20H23N4O5S. The number of hydrogen-bond acceptors (Lipinski definition) is 7. The van der Waals surface area contributed by atoms with Gasteiger partial charge in [0.2, 0.25) is 5.95 Å². The molecule has 1 radical (unpaired) electrons. The van der Waals surface area contributed by atoms with Gasteiger partial charge in [-0.1, -0.05) is 26.0 Å². The molecule has 0 aliphatic rings. The number of sulfone groups is 1. The van der Waals surface area contributed by atoms with E-state index in [4.69, 9.17) is 0 Å². The molecule has 0 unspecified atom stereocenters. The van der Waals surface area contributed by atoms with E-state index < -0.39 is 21.3 Å². The van der Waals surface area contributed by atoms with Crippen molar-refractivity contribution in [1.29, 1.82) is 0 Å². The van der Waals surface area contributed by atoms with Gasteiger partial charge < -0.3 is 20.1 Å². The lowest BCUT2D eigenvalue weighted by Crippen LogP contribution is -2.34. The van der Waals surface area contributed by atoms with E-state index in [-0.39, 0.29) is 28.2 Å². The summed E-state index contributed by atoms with van der Waals surface area (Å²) < 4.78 is 31.2. The van der Waals surface area contributed by atoms with Crippen LogP contribution < -0.4 is 10.6 Å². The second-order valence-corrected chi connectivity index (χ2v) is 9.12. The maximum Gasteiger partial charge on any atom is 0.413 e. The van der Waals surface area contributed by atoms with E-state index in [0.29, 0.717) is 16.6 Å². The Hall–Kier alpha value is -3.27. The van der Waals surface area contributed by atoms with Crippen LogP contribution in [0.15, 0.2) is 41.3 Å². The number of anilines is 2. The molecule has 0 spiro atoms. The van der Waals surface area contributed by atoms with Crippen LogP contribution in [0.25, 0.3) is 11.0 Å². The minimum atomic E-state index is -3.85. The number of aromatic nitrogens is 2. The third-order valence-electron chi connectivity index (χ3n) is 4.55. The van der Waals surface area contributed by atoms with Gasteiger partial charge in [0.05, 0.1) is 28.7 Å². The molecule has 0 saturated heterocycles. The standard InChI is InChI=1S/C20H23N4O5S/c1-11(2)18(21-15-7-5-6-12(3)17(15)25)30(27,28)13-8-9-14-16(10-13)23-19(22-14)24-20(26)29-4/h5-11,18,21,25H,3H2,1-2,4H3,(H2,22,23,24,26)/t18-/m0/s1. The van der Waals surface area contributed by atoms with E-state index in [1.165, 1.54) is 19.2 Å². The summed E-state index contributed by atoms with van der Waals surface area (Å²) in [4.78, 5) is 18.5. The summed E-state index contributed by atoms with van der Waals surface area (Å²) >= 11 is 0. The van der Waals surface area contributed by atoms with Gasteiger partial charge in [-0.15, -0.1) is 0 Å². The number of hydrogen-bond donors (Lipinski definition) is 4. The number of nitrogens with zero attached hydrogens (tertiary/aromatic N) is 1. The van der Waals surface area contributed by atoms with Crippen molar-refractivity contribution in [1.82, 2.24) is 9.97 Å². The third kappa shape index (κ3) is 4.18. The monoisotopic (exact) mass is 431 g/mol. The Morgan fingerprint density at radius 1 is 1.27 bits per heavy atom. The largest absolute Gasteiger partial charge is 0.505 e.